The Hall–Kier alpha value is -2.83. The van der Waals surface area contributed by atoms with Crippen LogP contribution in [0.25, 0.3) is 10.8 Å². The molecule has 132 valence electrons. The second kappa shape index (κ2) is 6.96. The lowest BCUT2D eigenvalue weighted by Crippen LogP contribution is -2.31. The first-order valence-electron chi connectivity index (χ1n) is 8.23. The van der Waals surface area contributed by atoms with Gasteiger partial charge >= 0.3 is 0 Å². The molecule has 0 aliphatic carbocycles. The number of fused-ring (bicyclic) bond motifs is 1. The summed E-state index contributed by atoms with van der Waals surface area (Å²) in [5.41, 5.74) is 5.70. The quantitative estimate of drug-likeness (QED) is 0.830. The first-order valence-corrected chi connectivity index (χ1v) is 8.23. The van der Waals surface area contributed by atoms with Gasteiger partial charge in [0.25, 0.3) is 5.91 Å². The summed E-state index contributed by atoms with van der Waals surface area (Å²) >= 11 is 0. The Balaban J connectivity index is 1.84. The van der Waals surface area contributed by atoms with Gasteiger partial charge in [0.2, 0.25) is 11.8 Å². The average Bonchev–Trinajstić information content (AvgIpc) is 2.98. The van der Waals surface area contributed by atoms with Crippen LogP contribution >= 0.6 is 0 Å². The zero-order valence-corrected chi connectivity index (χ0v) is 14.2. The zero-order valence-electron chi connectivity index (χ0n) is 14.2. The molecular weight excluding hydrogens is 322 g/mol. The predicted octanol–water partition coefficient (Wildman–Crippen LogP) is 1.64. The minimum absolute atomic E-state index is 0.0266. The van der Waals surface area contributed by atoms with Crippen LogP contribution in [0.5, 0.6) is 11.6 Å². The Morgan fingerprint density at radius 1 is 1.44 bits per heavy atom. The number of hydrogen-bond acceptors (Lipinski definition) is 5. The van der Waals surface area contributed by atoms with Crippen molar-refractivity contribution in [3.63, 3.8) is 0 Å². The molecule has 1 aliphatic rings. The number of methoxy groups -OCH3 is 1. The van der Waals surface area contributed by atoms with Gasteiger partial charge in [-0.15, -0.1) is 0 Å². The summed E-state index contributed by atoms with van der Waals surface area (Å²) in [7, 11) is 1.48. The number of pyridine rings is 1. The topological polar surface area (TPSA) is 104 Å². The van der Waals surface area contributed by atoms with Gasteiger partial charge in [-0.2, -0.15) is 0 Å². The smallest absolute Gasteiger partial charge is 0.252 e. The lowest BCUT2D eigenvalue weighted by molar-refractivity contribution is -0.122. The third-order valence-corrected chi connectivity index (χ3v) is 4.51. The summed E-state index contributed by atoms with van der Waals surface area (Å²) in [6.45, 7) is 2.34. The molecule has 7 nitrogen and oxygen atoms in total. The van der Waals surface area contributed by atoms with Gasteiger partial charge in [0, 0.05) is 17.5 Å². The summed E-state index contributed by atoms with van der Waals surface area (Å²) in [6, 6.07) is 5.11. The van der Waals surface area contributed by atoms with Crippen LogP contribution in [0.2, 0.25) is 0 Å². The van der Waals surface area contributed by atoms with Gasteiger partial charge in [-0.3, -0.25) is 9.59 Å². The number of amides is 2. The molecule has 3 rings (SSSR count). The standard InChI is InChI=1S/C18H21N3O4/c1-3-10-6-12(21-17(10)23)9-25-18-13-8-15(24-2)14(16(19)22)7-11(13)4-5-20-18/h4-5,7-8,10,12H,3,6,9H2,1-2H3,(H2,19,22)(H,21,23)/t10-,12-/m0/s1. The van der Waals surface area contributed by atoms with Crippen LogP contribution in [0, 0.1) is 5.92 Å². The second-order valence-electron chi connectivity index (χ2n) is 6.11. The number of primary amides is 1. The largest absolute Gasteiger partial charge is 0.496 e. The Labute approximate surface area is 145 Å². The molecule has 2 heterocycles. The first kappa shape index (κ1) is 17.0. The second-order valence-corrected chi connectivity index (χ2v) is 6.11. The fourth-order valence-electron chi connectivity index (χ4n) is 3.12. The molecule has 2 atom stereocenters. The Morgan fingerprint density at radius 2 is 2.24 bits per heavy atom. The minimum atomic E-state index is -0.558. The van der Waals surface area contributed by atoms with Crippen molar-refractivity contribution >= 4 is 22.6 Å². The van der Waals surface area contributed by atoms with Gasteiger partial charge in [0.05, 0.1) is 18.7 Å². The molecule has 0 saturated carbocycles. The highest BCUT2D eigenvalue weighted by atomic mass is 16.5. The van der Waals surface area contributed by atoms with Crippen LogP contribution in [-0.4, -0.2) is 36.6 Å². The predicted molar refractivity (Wildman–Crippen MR) is 92.6 cm³/mol. The number of hydrogen-bond donors (Lipinski definition) is 2. The fraction of sp³-hybridized carbons (Fsp3) is 0.389. The van der Waals surface area contributed by atoms with Crippen molar-refractivity contribution < 1.29 is 19.1 Å². The van der Waals surface area contributed by atoms with Crippen molar-refractivity contribution in [1.29, 1.82) is 0 Å². The molecule has 0 bridgehead atoms. The number of nitrogens with one attached hydrogen (secondary N) is 1. The van der Waals surface area contributed by atoms with Gasteiger partial charge in [-0.25, -0.2) is 4.98 Å². The summed E-state index contributed by atoms with van der Waals surface area (Å²) in [5, 5.41) is 4.44. The van der Waals surface area contributed by atoms with Crippen LogP contribution < -0.4 is 20.5 Å². The van der Waals surface area contributed by atoms with E-state index in [9.17, 15) is 9.59 Å². The number of aromatic nitrogens is 1. The molecule has 1 fully saturated rings. The number of carbonyl (C=O) groups excluding carboxylic acids is 2. The molecule has 25 heavy (non-hydrogen) atoms. The van der Waals surface area contributed by atoms with Crippen LogP contribution in [-0.2, 0) is 4.79 Å². The first-order chi connectivity index (χ1) is 12.0. The van der Waals surface area contributed by atoms with Crippen LogP contribution in [0.15, 0.2) is 24.4 Å². The maximum atomic E-state index is 11.8. The van der Waals surface area contributed by atoms with E-state index in [2.05, 4.69) is 10.3 Å². The van der Waals surface area contributed by atoms with E-state index in [0.717, 1.165) is 23.6 Å². The van der Waals surface area contributed by atoms with Crippen molar-refractivity contribution in [2.24, 2.45) is 11.7 Å². The van der Waals surface area contributed by atoms with E-state index in [1.807, 2.05) is 6.92 Å². The molecule has 1 aromatic heterocycles. The Kier molecular flexibility index (Phi) is 4.74. The van der Waals surface area contributed by atoms with Gasteiger partial charge < -0.3 is 20.5 Å². The van der Waals surface area contributed by atoms with Gasteiger partial charge in [-0.1, -0.05) is 6.92 Å². The van der Waals surface area contributed by atoms with Crippen molar-refractivity contribution in [3.05, 3.63) is 30.0 Å². The molecule has 7 heteroatoms. The number of nitrogens with two attached hydrogens (primary N) is 1. The molecule has 1 aliphatic heterocycles. The molecule has 1 saturated heterocycles. The molecular formula is C18H21N3O4. The Bertz CT molecular complexity index is 821. The van der Waals surface area contributed by atoms with E-state index in [4.69, 9.17) is 15.2 Å². The van der Waals surface area contributed by atoms with E-state index in [1.54, 1.807) is 24.4 Å². The van der Waals surface area contributed by atoms with Crippen molar-refractivity contribution in [2.75, 3.05) is 13.7 Å². The van der Waals surface area contributed by atoms with Crippen molar-refractivity contribution in [3.8, 4) is 11.6 Å². The Morgan fingerprint density at radius 3 is 2.88 bits per heavy atom. The van der Waals surface area contributed by atoms with Gasteiger partial charge in [0.1, 0.15) is 12.4 Å². The average molecular weight is 343 g/mol. The molecule has 2 amide bonds. The summed E-state index contributed by atoms with van der Waals surface area (Å²) in [5.74, 6) is 0.374. The van der Waals surface area contributed by atoms with Gasteiger partial charge in [0.15, 0.2) is 0 Å². The van der Waals surface area contributed by atoms with Crippen LogP contribution in [0.4, 0.5) is 0 Å². The van der Waals surface area contributed by atoms with Crippen molar-refractivity contribution in [2.45, 2.75) is 25.8 Å². The van der Waals surface area contributed by atoms with E-state index in [-0.39, 0.29) is 17.9 Å². The normalized spacial score (nSPS) is 19.7. The van der Waals surface area contributed by atoms with E-state index in [1.165, 1.54) is 7.11 Å². The van der Waals surface area contributed by atoms with E-state index in [0.29, 0.717) is 23.8 Å². The van der Waals surface area contributed by atoms with Crippen LogP contribution in [0.1, 0.15) is 30.1 Å². The molecule has 0 radical (unpaired) electrons. The minimum Gasteiger partial charge on any atom is -0.496 e. The lowest BCUT2D eigenvalue weighted by Gasteiger charge is -2.14. The van der Waals surface area contributed by atoms with E-state index >= 15 is 0 Å². The van der Waals surface area contributed by atoms with Crippen molar-refractivity contribution in [1.82, 2.24) is 10.3 Å². The van der Waals surface area contributed by atoms with Gasteiger partial charge in [-0.05, 0) is 36.4 Å². The molecule has 1 aromatic carbocycles. The zero-order chi connectivity index (χ0) is 18.0. The SMILES string of the molecule is CC[C@H]1C[C@@H](COc2nccc3cc(C(N)=O)c(OC)cc23)NC1=O. The highest BCUT2D eigenvalue weighted by molar-refractivity contribution is 6.01. The van der Waals surface area contributed by atoms with Crippen LogP contribution in [0.3, 0.4) is 0 Å². The molecule has 0 spiro atoms. The summed E-state index contributed by atoms with van der Waals surface area (Å²) < 4.78 is 11.1. The summed E-state index contributed by atoms with van der Waals surface area (Å²) in [4.78, 5) is 27.6. The highest BCUT2D eigenvalue weighted by Gasteiger charge is 2.30. The van der Waals surface area contributed by atoms with E-state index < -0.39 is 5.91 Å². The molecule has 2 aromatic rings. The third kappa shape index (κ3) is 3.35. The maximum Gasteiger partial charge on any atom is 0.252 e. The number of benzene rings is 1. The lowest BCUT2D eigenvalue weighted by atomic mass is 10.0. The monoisotopic (exact) mass is 343 g/mol. The number of rotatable bonds is 6. The molecule has 3 N–H and O–H groups in total. The summed E-state index contributed by atoms with van der Waals surface area (Å²) in [6.07, 6.45) is 3.19. The maximum absolute atomic E-state index is 11.8. The number of nitrogens with zero attached hydrogens (tertiary/aromatic N) is 1. The highest BCUT2D eigenvalue weighted by Crippen LogP contribution is 2.31. The fourth-order valence-corrected chi connectivity index (χ4v) is 3.12. The third-order valence-electron chi connectivity index (χ3n) is 4.51. The number of carbonyl (C=O) groups is 2. The molecule has 0 unspecified atom stereocenters. The number of ether oxygens (including phenoxy) is 2.